The average Bonchev–Trinajstić information content (AvgIpc) is 3.97. The fourth-order valence-corrected chi connectivity index (χ4v) is 6.92. The van der Waals surface area contributed by atoms with Crippen LogP contribution in [0, 0.1) is 38.1 Å². The van der Waals surface area contributed by atoms with Crippen molar-refractivity contribution in [2.75, 3.05) is 0 Å². The largest absolute Gasteiger partial charge is 0.377 e. The van der Waals surface area contributed by atoms with Gasteiger partial charge in [-0.15, -0.1) is 18.2 Å². The SMILES string of the molecule is CC.CC.CC.CC.Cc1cc2[c-]c(-c3[c-]cccc3)c3c4ccccc4c(c1)n23.Cc1cc2c(-c3[c-]cccc3)[c-]c3c4ccccc4c(c1)n23.[Y].[Y]. The van der Waals surface area contributed by atoms with Gasteiger partial charge in [-0.3, -0.25) is 0 Å². The number of aromatic nitrogens is 2. The second-order valence-electron chi connectivity index (χ2n) is 11.6. The molecule has 0 aliphatic rings. The summed E-state index contributed by atoms with van der Waals surface area (Å²) in [5, 5.41) is 5.15. The molecule has 10 aromatic rings. The van der Waals surface area contributed by atoms with Crippen LogP contribution in [0.25, 0.3) is 76.9 Å². The van der Waals surface area contributed by atoms with Crippen LogP contribution in [0.5, 0.6) is 0 Å². The molecule has 4 heteroatoms. The van der Waals surface area contributed by atoms with Crippen LogP contribution in [0.4, 0.5) is 0 Å². The molecule has 54 heavy (non-hydrogen) atoms. The number of hydrogen-bond donors (Lipinski definition) is 0. The second kappa shape index (κ2) is 21.1. The molecule has 0 bridgehead atoms. The zero-order valence-electron chi connectivity index (χ0n) is 33.6. The van der Waals surface area contributed by atoms with E-state index >= 15 is 0 Å². The molecule has 0 atom stereocenters. The molecule has 0 unspecified atom stereocenters. The van der Waals surface area contributed by atoms with Crippen molar-refractivity contribution in [3.05, 3.63) is 157 Å². The first-order valence-corrected chi connectivity index (χ1v) is 19.0. The maximum Gasteiger partial charge on any atom is 0.0418 e. The minimum absolute atomic E-state index is 0. The van der Waals surface area contributed by atoms with Crippen LogP contribution in [0.1, 0.15) is 66.5 Å². The zero-order chi connectivity index (χ0) is 37.4. The third-order valence-electron chi connectivity index (χ3n) is 8.73. The van der Waals surface area contributed by atoms with E-state index in [1.807, 2.05) is 79.7 Å². The van der Waals surface area contributed by atoms with E-state index in [0.29, 0.717) is 0 Å². The van der Waals surface area contributed by atoms with Crippen molar-refractivity contribution in [1.82, 2.24) is 8.80 Å². The summed E-state index contributed by atoms with van der Waals surface area (Å²) < 4.78 is 4.65. The Balaban J connectivity index is 0.000000238. The van der Waals surface area contributed by atoms with Crippen molar-refractivity contribution in [2.45, 2.75) is 69.2 Å². The molecule has 6 aromatic heterocycles. The molecule has 6 heterocycles. The molecule has 0 amide bonds. The molecule has 0 saturated heterocycles. The molecule has 2 nitrogen and oxygen atoms in total. The van der Waals surface area contributed by atoms with E-state index < -0.39 is 0 Å². The predicted molar refractivity (Wildman–Crippen MR) is 228 cm³/mol. The molecule has 0 N–H and O–H groups in total. The van der Waals surface area contributed by atoms with E-state index in [-0.39, 0.29) is 65.4 Å². The van der Waals surface area contributed by atoms with Crippen LogP contribution in [0.2, 0.25) is 0 Å². The third kappa shape index (κ3) is 8.39. The van der Waals surface area contributed by atoms with Crippen LogP contribution in [0.15, 0.2) is 121 Å². The van der Waals surface area contributed by atoms with Gasteiger partial charge in [0.25, 0.3) is 0 Å². The molecule has 0 fully saturated rings. The minimum atomic E-state index is 0. The summed E-state index contributed by atoms with van der Waals surface area (Å²) in [6.07, 6.45) is 0. The summed E-state index contributed by atoms with van der Waals surface area (Å²) in [5.74, 6) is 0. The fourth-order valence-electron chi connectivity index (χ4n) is 6.92. The number of aryl methyl sites for hydroxylation is 2. The van der Waals surface area contributed by atoms with Crippen LogP contribution < -0.4 is 0 Å². The van der Waals surface area contributed by atoms with Gasteiger partial charge in [0.1, 0.15) is 0 Å². The van der Waals surface area contributed by atoms with Gasteiger partial charge in [0, 0.05) is 76.5 Å². The molecule has 0 spiro atoms. The van der Waals surface area contributed by atoms with Gasteiger partial charge >= 0.3 is 0 Å². The van der Waals surface area contributed by atoms with Crippen LogP contribution >= 0.6 is 0 Å². The summed E-state index contributed by atoms with van der Waals surface area (Å²) in [7, 11) is 0. The smallest absolute Gasteiger partial charge is 0.0418 e. The van der Waals surface area contributed by atoms with Gasteiger partial charge in [-0.1, -0.05) is 143 Å². The zero-order valence-corrected chi connectivity index (χ0v) is 39.3. The normalized spacial score (nSPS) is 10.1. The van der Waals surface area contributed by atoms with E-state index in [4.69, 9.17) is 0 Å². The number of nitrogens with zero attached hydrogens (tertiary/aromatic N) is 2. The van der Waals surface area contributed by atoms with Crippen molar-refractivity contribution in [1.29, 1.82) is 0 Å². The topological polar surface area (TPSA) is 8.82 Å². The van der Waals surface area contributed by atoms with E-state index in [1.165, 1.54) is 54.7 Å². The summed E-state index contributed by atoms with van der Waals surface area (Å²) in [5.41, 5.74) is 14.3. The number of fused-ring (bicyclic) bond motifs is 6. The van der Waals surface area contributed by atoms with Crippen LogP contribution in [0.3, 0.4) is 0 Å². The Labute approximate surface area is 373 Å². The molecule has 270 valence electrons. The third-order valence-corrected chi connectivity index (χ3v) is 8.73. The van der Waals surface area contributed by atoms with Crippen LogP contribution in [-0.2, 0) is 65.4 Å². The molecule has 10 rings (SSSR count). The number of pyridine rings is 2. The number of benzene rings is 4. The molecule has 2 radical (unpaired) electrons. The van der Waals surface area contributed by atoms with Gasteiger partial charge in [-0.25, -0.2) is 16.7 Å². The monoisotopic (exact) mass is 856 g/mol. The van der Waals surface area contributed by atoms with E-state index in [9.17, 15) is 0 Å². The molecule has 4 aromatic carbocycles. The van der Waals surface area contributed by atoms with Gasteiger partial charge in [0.15, 0.2) is 0 Å². The Morgan fingerprint density at radius 3 is 1.43 bits per heavy atom. The maximum absolute atomic E-state index is 3.62. The standard InChI is InChI=1S/2C21H13N.4C2H6.2Y/c1-14-11-16-13-19(15-7-3-2-4-8-15)21-18-10-6-5-9-17(18)20(12-14)22(16)21;1-14-11-19-16-9-5-6-10-17(16)21-13-18(20(12-14)22(19)21)15-7-3-2-4-8-15;4*1-2;;/h2*2-7,9-12H,1H3;4*1-2H3;;/q2*-2;;;;;;. The van der Waals surface area contributed by atoms with Gasteiger partial charge < -0.3 is 8.80 Å². The molecule has 0 aliphatic heterocycles. The van der Waals surface area contributed by atoms with E-state index in [0.717, 1.165) is 33.3 Å². The first-order valence-electron chi connectivity index (χ1n) is 19.0. The number of hydrogen-bond acceptors (Lipinski definition) is 0. The van der Waals surface area contributed by atoms with Crippen molar-refractivity contribution in [3.63, 3.8) is 0 Å². The molecular weight excluding hydrogens is 806 g/mol. The first-order chi connectivity index (χ1) is 25.7. The van der Waals surface area contributed by atoms with Crippen molar-refractivity contribution in [2.24, 2.45) is 0 Å². The molecule has 0 aliphatic carbocycles. The van der Waals surface area contributed by atoms with Crippen molar-refractivity contribution in [3.8, 4) is 22.3 Å². The summed E-state index contributed by atoms with van der Waals surface area (Å²) >= 11 is 0. The summed E-state index contributed by atoms with van der Waals surface area (Å²) in [4.78, 5) is 0. The van der Waals surface area contributed by atoms with Gasteiger partial charge in [-0.05, 0) is 47.7 Å². The Kier molecular flexibility index (Phi) is 17.5. The summed E-state index contributed by atoms with van der Waals surface area (Å²) in [6.45, 7) is 20.3. The second-order valence-corrected chi connectivity index (χ2v) is 11.6. The number of rotatable bonds is 2. The van der Waals surface area contributed by atoms with Crippen molar-refractivity contribution >= 4 is 54.6 Å². The van der Waals surface area contributed by atoms with Crippen molar-refractivity contribution < 1.29 is 65.4 Å². The van der Waals surface area contributed by atoms with E-state index in [2.05, 4.69) is 144 Å². The summed E-state index contributed by atoms with van der Waals surface area (Å²) in [6, 6.07) is 56.3. The maximum atomic E-state index is 3.62. The average molecular weight is 857 g/mol. The molecule has 0 saturated carbocycles. The fraction of sp³-hybridized carbons (Fsp3) is 0.200. The van der Waals surface area contributed by atoms with Gasteiger partial charge in [-0.2, -0.15) is 66.2 Å². The Hall–Kier alpha value is -3.39. The predicted octanol–water partition coefficient (Wildman–Crippen LogP) is 14.6. The Morgan fingerprint density at radius 1 is 0.426 bits per heavy atom. The minimum Gasteiger partial charge on any atom is -0.377 e. The first kappa shape index (κ1) is 45.0. The van der Waals surface area contributed by atoms with Gasteiger partial charge in [0.2, 0.25) is 0 Å². The Morgan fingerprint density at radius 2 is 0.870 bits per heavy atom. The quantitative estimate of drug-likeness (QED) is 0.153. The van der Waals surface area contributed by atoms with Crippen LogP contribution in [-0.4, -0.2) is 8.80 Å². The molecular formula is C50H50N2Y2-4. The Bertz CT molecular complexity index is 2610. The van der Waals surface area contributed by atoms with Gasteiger partial charge in [0.05, 0.1) is 0 Å². The van der Waals surface area contributed by atoms with E-state index in [1.54, 1.807) is 0 Å².